The van der Waals surface area contributed by atoms with Gasteiger partial charge in [-0.15, -0.1) is 23.5 Å². The van der Waals surface area contributed by atoms with E-state index in [9.17, 15) is 9.59 Å². The Morgan fingerprint density at radius 3 is 2.26 bits per heavy atom. The highest BCUT2D eigenvalue weighted by Crippen LogP contribution is 2.79. The molecule has 5 rings (SSSR count). The maximum atomic E-state index is 14.8. The Bertz CT molecular complexity index is 969. The molecule has 1 saturated heterocycles. The van der Waals surface area contributed by atoms with Crippen LogP contribution in [0, 0.1) is 57.2 Å². The lowest BCUT2D eigenvalue weighted by Gasteiger charge is -2.70. The maximum absolute atomic E-state index is 14.8. The summed E-state index contributed by atoms with van der Waals surface area (Å²) in [6.07, 6.45) is 10.2. The summed E-state index contributed by atoms with van der Waals surface area (Å²) in [4.78, 5) is 26.8. The van der Waals surface area contributed by atoms with E-state index in [2.05, 4.69) is 78.9 Å². The van der Waals surface area contributed by atoms with E-state index in [-0.39, 0.29) is 43.7 Å². The van der Waals surface area contributed by atoms with E-state index >= 15 is 0 Å². The monoisotopic (exact) mass is 576 g/mol. The van der Waals surface area contributed by atoms with Gasteiger partial charge in [0.25, 0.3) is 0 Å². The molecule has 9 atom stereocenters. The normalized spacial score (nSPS) is 45.1. The van der Waals surface area contributed by atoms with Crippen LogP contribution in [0.4, 0.5) is 0 Å². The van der Waals surface area contributed by atoms with Crippen LogP contribution in [0.2, 0.25) is 0 Å². The van der Waals surface area contributed by atoms with Gasteiger partial charge in [0.15, 0.2) is 0 Å². The first-order valence-electron chi connectivity index (χ1n) is 16.1. The number of fused-ring (bicyclic) bond motifs is 6. The van der Waals surface area contributed by atoms with Gasteiger partial charge in [0.2, 0.25) is 0 Å². The molecule has 5 fully saturated rings. The van der Waals surface area contributed by atoms with E-state index in [1.54, 1.807) is 6.92 Å². The Morgan fingerprint density at radius 1 is 0.974 bits per heavy atom. The maximum Gasteiger partial charge on any atom is 0.302 e. The number of thioether (sulfide) groups is 2. The Hall–Kier alpha value is -0.160. The highest BCUT2D eigenvalue weighted by atomic mass is 32.2. The number of carbonyl (C=O) groups excluding carboxylic acids is 2. The second-order valence-electron chi connectivity index (χ2n) is 16.1. The van der Waals surface area contributed by atoms with Crippen molar-refractivity contribution in [2.75, 3.05) is 11.5 Å². The summed E-state index contributed by atoms with van der Waals surface area (Å²) in [5, 5.41) is 0. The molecular formula is C34H56O3S2. The van der Waals surface area contributed by atoms with Gasteiger partial charge in [0.1, 0.15) is 11.9 Å². The molecule has 222 valence electrons. The second-order valence-corrected chi connectivity index (χ2v) is 19.2. The fraction of sp³-hybridized carbons (Fsp3) is 0.941. The molecule has 4 saturated carbocycles. The van der Waals surface area contributed by atoms with Gasteiger partial charge in [0, 0.05) is 36.2 Å². The van der Waals surface area contributed by atoms with Crippen LogP contribution in [0.5, 0.6) is 0 Å². The molecule has 0 bridgehead atoms. The third-order valence-electron chi connectivity index (χ3n) is 13.4. The van der Waals surface area contributed by atoms with E-state index < -0.39 is 0 Å². The SMILES string of the molecule is CC(=O)O[C@H]1CC[C@]2(C)[C@H]3C(=O)C[C@]4(C)C([C@H](C)CCCC(C)C)CC[C@@]4(C)[C@@H]3C3(C[C@H]2C1(C)C)SCCS3. The molecular weight excluding hydrogens is 521 g/mol. The average Bonchev–Trinajstić information content (AvgIpc) is 3.39. The zero-order chi connectivity index (χ0) is 28.6. The minimum absolute atomic E-state index is 0.0256. The summed E-state index contributed by atoms with van der Waals surface area (Å²) in [6.45, 7) is 21.1. The summed E-state index contributed by atoms with van der Waals surface area (Å²) in [7, 11) is 0. The van der Waals surface area contributed by atoms with Crippen molar-refractivity contribution >= 4 is 35.3 Å². The quantitative estimate of drug-likeness (QED) is 0.295. The fourth-order valence-corrected chi connectivity index (χ4v) is 15.2. The van der Waals surface area contributed by atoms with Gasteiger partial charge in [-0.05, 0) is 77.9 Å². The number of esters is 1. The van der Waals surface area contributed by atoms with Crippen LogP contribution < -0.4 is 0 Å². The zero-order valence-electron chi connectivity index (χ0n) is 26.4. The first-order valence-corrected chi connectivity index (χ1v) is 18.1. The summed E-state index contributed by atoms with van der Waals surface area (Å²) in [6, 6.07) is 0. The van der Waals surface area contributed by atoms with Gasteiger partial charge in [-0.2, -0.15) is 0 Å². The Balaban J connectivity index is 1.54. The topological polar surface area (TPSA) is 43.4 Å². The van der Waals surface area contributed by atoms with Gasteiger partial charge in [-0.25, -0.2) is 0 Å². The molecule has 4 aliphatic carbocycles. The molecule has 1 unspecified atom stereocenters. The number of Topliss-reactive ketones (excluding diaryl/α,β-unsaturated/α-hetero) is 1. The van der Waals surface area contributed by atoms with Gasteiger partial charge in [-0.3, -0.25) is 9.59 Å². The molecule has 0 aromatic rings. The van der Waals surface area contributed by atoms with Crippen molar-refractivity contribution in [1.82, 2.24) is 0 Å². The number of ether oxygens (including phenoxy) is 1. The van der Waals surface area contributed by atoms with Gasteiger partial charge in [-0.1, -0.05) is 74.7 Å². The third kappa shape index (κ3) is 4.51. The van der Waals surface area contributed by atoms with E-state index in [1.807, 2.05) is 0 Å². The first kappa shape index (κ1) is 30.3. The summed E-state index contributed by atoms with van der Waals surface area (Å²) < 4.78 is 6.07. The largest absolute Gasteiger partial charge is 0.462 e. The van der Waals surface area contributed by atoms with E-state index in [0.717, 1.165) is 31.6 Å². The van der Waals surface area contributed by atoms with Crippen LogP contribution in [-0.4, -0.2) is 33.4 Å². The van der Waals surface area contributed by atoms with Gasteiger partial charge >= 0.3 is 5.97 Å². The van der Waals surface area contributed by atoms with Crippen molar-refractivity contribution in [1.29, 1.82) is 0 Å². The van der Waals surface area contributed by atoms with Crippen molar-refractivity contribution in [3.8, 4) is 0 Å². The standard InChI is InChI=1S/C34H56O3S2/c1-21(2)11-10-12-22(3)24-13-16-32(8)29-28(25(36)19-33(24,32)9)31(7)15-14-27(37-23(4)35)30(5,6)26(31)20-34(29)38-17-18-39-34/h21-22,24,26-29H,10-20H2,1-9H3/t22-,24?,26+,27+,28+,29-,31+,32+,33-/m1/s1. The molecule has 1 heterocycles. The van der Waals surface area contributed by atoms with Crippen molar-refractivity contribution in [3.63, 3.8) is 0 Å². The summed E-state index contributed by atoms with van der Waals surface area (Å²) in [5.41, 5.74) is 0.123. The lowest BCUT2D eigenvalue weighted by atomic mass is 9.37. The van der Waals surface area contributed by atoms with Crippen molar-refractivity contribution in [3.05, 3.63) is 0 Å². The number of rotatable bonds is 6. The Morgan fingerprint density at radius 2 is 1.64 bits per heavy atom. The van der Waals surface area contributed by atoms with Crippen LogP contribution >= 0.6 is 23.5 Å². The van der Waals surface area contributed by atoms with Crippen LogP contribution in [-0.2, 0) is 14.3 Å². The molecule has 3 nitrogen and oxygen atoms in total. The Labute approximate surface area is 247 Å². The van der Waals surface area contributed by atoms with Gasteiger partial charge in [0.05, 0.1) is 4.08 Å². The molecule has 5 aliphatic rings. The highest BCUT2D eigenvalue weighted by Gasteiger charge is 2.75. The molecule has 5 heteroatoms. The smallest absolute Gasteiger partial charge is 0.302 e. The molecule has 0 amide bonds. The minimum Gasteiger partial charge on any atom is -0.462 e. The third-order valence-corrected chi connectivity index (χ3v) is 17.0. The van der Waals surface area contributed by atoms with E-state index in [1.165, 1.54) is 43.6 Å². The molecule has 1 spiro atoms. The van der Waals surface area contributed by atoms with Crippen LogP contribution in [0.3, 0.4) is 0 Å². The summed E-state index contributed by atoms with van der Waals surface area (Å²) >= 11 is 4.40. The highest BCUT2D eigenvalue weighted by molar-refractivity contribution is 8.21. The molecule has 1 aliphatic heterocycles. The number of hydrogen-bond donors (Lipinski definition) is 0. The predicted molar refractivity (Wildman–Crippen MR) is 166 cm³/mol. The minimum atomic E-state index is -0.166. The van der Waals surface area contributed by atoms with Crippen LogP contribution in [0.15, 0.2) is 0 Å². The lowest BCUT2D eigenvalue weighted by molar-refractivity contribution is -0.208. The molecule has 39 heavy (non-hydrogen) atoms. The number of carbonyl (C=O) groups is 2. The first-order chi connectivity index (χ1) is 18.1. The van der Waals surface area contributed by atoms with Crippen LogP contribution in [0.1, 0.15) is 120 Å². The van der Waals surface area contributed by atoms with Crippen molar-refractivity contribution < 1.29 is 14.3 Å². The summed E-state index contributed by atoms with van der Waals surface area (Å²) in [5.74, 6) is 5.84. The number of ketones is 1. The average molecular weight is 577 g/mol. The van der Waals surface area contributed by atoms with Gasteiger partial charge < -0.3 is 4.74 Å². The lowest BCUT2D eigenvalue weighted by Crippen LogP contribution is -2.69. The zero-order valence-corrected chi connectivity index (χ0v) is 28.0. The van der Waals surface area contributed by atoms with Crippen molar-refractivity contribution in [2.24, 2.45) is 57.2 Å². The van der Waals surface area contributed by atoms with E-state index in [0.29, 0.717) is 29.5 Å². The molecule has 0 radical (unpaired) electrons. The molecule has 0 N–H and O–H groups in total. The van der Waals surface area contributed by atoms with E-state index in [4.69, 9.17) is 4.74 Å². The Kier molecular flexibility index (Phi) is 7.95. The molecule has 0 aromatic carbocycles. The fourth-order valence-electron chi connectivity index (χ4n) is 11.3. The number of hydrogen-bond acceptors (Lipinski definition) is 5. The van der Waals surface area contributed by atoms with Crippen LogP contribution in [0.25, 0.3) is 0 Å². The molecule has 0 aromatic heterocycles. The van der Waals surface area contributed by atoms with Crippen molar-refractivity contribution in [2.45, 2.75) is 130 Å². The predicted octanol–water partition coefficient (Wildman–Crippen LogP) is 9.03. The second kappa shape index (κ2) is 10.2.